The molecule has 1 heterocycles. The van der Waals surface area contributed by atoms with Gasteiger partial charge >= 0.3 is 6.03 Å². The number of rotatable bonds is 6. The molecule has 2 aromatic rings. The maximum Gasteiger partial charge on any atom is 0.319 e. The zero-order chi connectivity index (χ0) is 19.1. The third-order valence-corrected chi connectivity index (χ3v) is 4.72. The topological polar surface area (TPSA) is 62.8 Å². The van der Waals surface area contributed by atoms with Gasteiger partial charge < -0.3 is 20.1 Å². The molecule has 1 aliphatic heterocycles. The van der Waals surface area contributed by atoms with Crippen LogP contribution in [0.4, 0.5) is 10.5 Å². The van der Waals surface area contributed by atoms with E-state index in [1.807, 2.05) is 43.3 Å². The van der Waals surface area contributed by atoms with E-state index in [9.17, 15) is 4.79 Å². The summed E-state index contributed by atoms with van der Waals surface area (Å²) in [4.78, 5) is 14.7. The number of ether oxygens (including phenoxy) is 2. The molecule has 0 saturated carbocycles. The number of anilines is 1. The number of benzene rings is 2. The SMILES string of the molecule is COc1ccc(C(CNC(=O)Nc2cccc(C)c2)N2CCOCC2)cc1. The number of urea groups is 1. The van der Waals surface area contributed by atoms with Gasteiger partial charge in [0.1, 0.15) is 5.75 Å². The molecule has 2 aromatic carbocycles. The lowest BCUT2D eigenvalue weighted by Crippen LogP contribution is -2.44. The summed E-state index contributed by atoms with van der Waals surface area (Å²) in [5, 5.41) is 5.91. The van der Waals surface area contributed by atoms with E-state index in [4.69, 9.17) is 9.47 Å². The van der Waals surface area contributed by atoms with Crippen molar-refractivity contribution in [1.29, 1.82) is 0 Å². The van der Waals surface area contributed by atoms with Crippen LogP contribution in [0.1, 0.15) is 17.2 Å². The van der Waals surface area contributed by atoms with E-state index in [0.717, 1.165) is 35.7 Å². The quantitative estimate of drug-likeness (QED) is 0.821. The number of amides is 2. The largest absolute Gasteiger partial charge is 0.497 e. The fraction of sp³-hybridized carbons (Fsp3) is 0.381. The fourth-order valence-corrected chi connectivity index (χ4v) is 3.26. The highest BCUT2D eigenvalue weighted by molar-refractivity contribution is 5.89. The highest BCUT2D eigenvalue weighted by Gasteiger charge is 2.23. The number of hydrogen-bond acceptors (Lipinski definition) is 4. The van der Waals surface area contributed by atoms with Crippen molar-refractivity contribution < 1.29 is 14.3 Å². The molecular formula is C21H27N3O3. The second-order valence-electron chi connectivity index (χ2n) is 6.64. The van der Waals surface area contributed by atoms with Crippen molar-refractivity contribution in [1.82, 2.24) is 10.2 Å². The van der Waals surface area contributed by atoms with E-state index in [1.165, 1.54) is 0 Å². The van der Waals surface area contributed by atoms with Crippen LogP contribution >= 0.6 is 0 Å². The molecule has 1 unspecified atom stereocenters. The Morgan fingerprint density at radius 2 is 1.93 bits per heavy atom. The number of nitrogens with one attached hydrogen (secondary N) is 2. The molecule has 0 bridgehead atoms. The van der Waals surface area contributed by atoms with Crippen molar-refractivity contribution >= 4 is 11.7 Å². The van der Waals surface area contributed by atoms with Crippen molar-refractivity contribution in [3.8, 4) is 5.75 Å². The van der Waals surface area contributed by atoms with Crippen LogP contribution in [-0.4, -0.2) is 50.9 Å². The van der Waals surface area contributed by atoms with Crippen LogP contribution < -0.4 is 15.4 Å². The first-order chi connectivity index (χ1) is 13.2. The van der Waals surface area contributed by atoms with E-state index in [1.54, 1.807) is 7.11 Å². The lowest BCUT2D eigenvalue weighted by Gasteiger charge is -2.35. The van der Waals surface area contributed by atoms with Gasteiger partial charge in [0.15, 0.2) is 0 Å². The van der Waals surface area contributed by atoms with Crippen molar-refractivity contribution in [3.63, 3.8) is 0 Å². The van der Waals surface area contributed by atoms with Gasteiger partial charge in [0.2, 0.25) is 0 Å². The van der Waals surface area contributed by atoms with Gasteiger partial charge in [-0.25, -0.2) is 4.79 Å². The molecule has 6 nitrogen and oxygen atoms in total. The van der Waals surface area contributed by atoms with E-state index in [0.29, 0.717) is 19.8 Å². The Morgan fingerprint density at radius 3 is 2.59 bits per heavy atom. The standard InChI is InChI=1S/C21H27N3O3/c1-16-4-3-5-18(14-16)23-21(25)22-15-20(24-10-12-27-13-11-24)17-6-8-19(26-2)9-7-17/h3-9,14,20H,10-13,15H2,1-2H3,(H2,22,23,25). The van der Waals surface area contributed by atoms with Crippen molar-refractivity contribution in [2.75, 3.05) is 45.3 Å². The Balaban J connectivity index is 1.65. The van der Waals surface area contributed by atoms with Crippen LogP contribution in [0.3, 0.4) is 0 Å². The summed E-state index contributed by atoms with van der Waals surface area (Å²) < 4.78 is 10.7. The minimum Gasteiger partial charge on any atom is -0.497 e. The van der Waals surface area contributed by atoms with Gasteiger partial charge in [-0.2, -0.15) is 0 Å². The number of aryl methyl sites for hydroxylation is 1. The smallest absolute Gasteiger partial charge is 0.319 e. The summed E-state index contributed by atoms with van der Waals surface area (Å²) in [5.74, 6) is 0.824. The first-order valence-electron chi connectivity index (χ1n) is 9.23. The molecule has 2 amide bonds. The van der Waals surface area contributed by atoms with Gasteiger partial charge in [0.25, 0.3) is 0 Å². The molecule has 0 aliphatic carbocycles. The Bertz CT molecular complexity index is 743. The van der Waals surface area contributed by atoms with Crippen molar-refractivity contribution in [2.45, 2.75) is 13.0 Å². The Kier molecular flexibility index (Phi) is 6.68. The van der Waals surface area contributed by atoms with Crippen LogP contribution in [-0.2, 0) is 4.74 Å². The lowest BCUT2D eigenvalue weighted by molar-refractivity contribution is 0.0167. The first-order valence-corrected chi connectivity index (χ1v) is 9.23. The average Bonchev–Trinajstić information content (AvgIpc) is 2.69. The maximum absolute atomic E-state index is 12.4. The third kappa shape index (κ3) is 5.45. The van der Waals surface area contributed by atoms with Crippen LogP contribution in [0.15, 0.2) is 48.5 Å². The van der Waals surface area contributed by atoms with Crippen LogP contribution in [0.5, 0.6) is 5.75 Å². The molecule has 27 heavy (non-hydrogen) atoms. The van der Waals surface area contributed by atoms with Crippen LogP contribution in [0.2, 0.25) is 0 Å². The molecule has 1 fully saturated rings. The predicted molar refractivity (Wildman–Crippen MR) is 106 cm³/mol. The molecular weight excluding hydrogens is 342 g/mol. The summed E-state index contributed by atoms with van der Waals surface area (Å²) in [7, 11) is 1.66. The van der Waals surface area contributed by atoms with Gasteiger partial charge in [-0.3, -0.25) is 4.90 Å². The van der Waals surface area contributed by atoms with Crippen LogP contribution in [0, 0.1) is 6.92 Å². The normalized spacial score (nSPS) is 15.8. The zero-order valence-corrected chi connectivity index (χ0v) is 15.9. The Hall–Kier alpha value is -2.57. The second kappa shape index (κ2) is 9.39. The molecule has 1 atom stereocenters. The van der Waals surface area contributed by atoms with Gasteiger partial charge in [0, 0.05) is 25.3 Å². The minimum absolute atomic E-state index is 0.0862. The number of morpholine rings is 1. The van der Waals surface area contributed by atoms with Crippen molar-refractivity contribution in [3.05, 3.63) is 59.7 Å². The lowest BCUT2D eigenvalue weighted by atomic mass is 10.0. The summed E-state index contributed by atoms with van der Waals surface area (Å²) in [6, 6.07) is 15.7. The van der Waals surface area contributed by atoms with Gasteiger partial charge in [-0.05, 0) is 42.3 Å². The van der Waals surface area contributed by atoms with Crippen molar-refractivity contribution in [2.24, 2.45) is 0 Å². The monoisotopic (exact) mass is 369 g/mol. The van der Waals surface area contributed by atoms with E-state index in [-0.39, 0.29) is 12.1 Å². The molecule has 6 heteroatoms. The minimum atomic E-state index is -0.202. The highest BCUT2D eigenvalue weighted by atomic mass is 16.5. The number of hydrogen-bond donors (Lipinski definition) is 2. The molecule has 0 radical (unpaired) electrons. The summed E-state index contributed by atoms with van der Waals surface area (Å²) >= 11 is 0. The van der Waals surface area contributed by atoms with Gasteiger partial charge in [-0.1, -0.05) is 24.3 Å². The maximum atomic E-state index is 12.4. The second-order valence-corrected chi connectivity index (χ2v) is 6.64. The van der Waals surface area contributed by atoms with E-state index >= 15 is 0 Å². The third-order valence-electron chi connectivity index (χ3n) is 4.72. The molecule has 1 aliphatic rings. The Morgan fingerprint density at radius 1 is 1.19 bits per heavy atom. The summed E-state index contributed by atoms with van der Waals surface area (Å²) in [6.07, 6.45) is 0. The molecule has 0 aromatic heterocycles. The molecule has 2 N–H and O–H groups in total. The first kappa shape index (κ1) is 19.2. The number of carbonyl (C=O) groups excluding carboxylic acids is 1. The highest BCUT2D eigenvalue weighted by Crippen LogP contribution is 2.23. The fourth-order valence-electron chi connectivity index (χ4n) is 3.26. The molecule has 144 valence electrons. The van der Waals surface area contributed by atoms with Gasteiger partial charge in [0.05, 0.1) is 26.4 Å². The van der Waals surface area contributed by atoms with E-state index in [2.05, 4.69) is 27.7 Å². The van der Waals surface area contributed by atoms with Crippen LogP contribution in [0.25, 0.3) is 0 Å². The number of methoxy groups -OCH3 is 1. The summed E-state index contributed by atoms with van der Waals surface area (Å²) in [6.45, 7) is 5.63. The molecule has 1 saturated heterocycles. The zero-order valence-electron chi connectivity index (χ0n) is 15.9. The molecule has 3 rings (SSSR count). The Labute approximate surface area is 160 Å². The number of carbonyl (C=O) groups is 1. The predicted octanol–water partition coefficient (Wildman–Crippen LogP) is 3.20. The molecule has 0 spiro atoms. The van der Waals surface area contributed by atoms with Gasteiger partial charge in [-0.15, -0.1) is 0 Å². The summed E-state index contributed by atoms with van der Waals surface area (Å²) in [5.41, 5.74) is 3.05. The van der Waals surface area contributed by atoms with E-state index < -0.39 is 0 Å². The average molecular weight is 369 g/mol. The number of nitrogens with zero attached hydrogens (tertiary/aromatic N) is 1.